The molecule has 1 amide bonds. The first-order valence-corrected chi connectivity index (χ1v) is 11.4. The predicted molar refractivity (Wildman–Crippen MR) is 113 cm³/mol. The molecule has 0 fully saturated rings. The van der Waals surface area contributed by atoms with Gasteiger partial charge in [0.15, 0.2) is 0 Å². The van der Waals surface area contributed by atoms with E-state index in [-0.39, 0.29) is 23.8 Å². The van der Waals surface area contributed by atoms with Crippen molar-refractivity contribution in [2.24, 2.45) is 5.92 Å². The molecular weight excluding hydrogens is 362 g/mol. The van der Waals surface area contributed by atoms with E-state index in [1.807, 2.05) is 6.26 Å². The number of carbonyl (C=O) groups excluding carboxylic acids is 2. The molecule has 0 saturated carbocycles. The Hall–Kier alpha value is -1.01. The Labute approximate surface area is 170 Å². The summed E-state index contributed by atoms with van der Waals surface area (Å²) in [5.74, 6) is -0.178. The summed E-state index contributed by atoms with van der Waals surface area (Å²) < 4.78 is 5.48. The molecular formula is C21H39NO4S. The van der Waals surface area contributed by atoms with Gasteiger partial charge >= 0.3 is 5.97 Å². The van der Waals surface area contributed by atoms with Crippen molar-refractivity contribution in [2.75, 3.05) is 12.9 Å². The SMILES string of the molecule is C=C(SC)C(CC(C(C)C)N(OCCCCC)C(=O)CCCC)OC(C)=O. The van der Waals surface area contributed by atoms with Crippen LogP contribution in [0.25, 0.3) is 0 Å². The minimum atomic E-state index is -0.439. The molecule has 0 heterocycles. The van der Waals surface area contributed by atoms with Gasteiger partial charge in [-0.2, -0.15) is 0 Å². The van der Waals surface area contributed by atoms with Crippen molar-refractivity contribution in [3.05, 3.63) is 11.5 Å². The Kier molecular flexibility index (Phi) is 14.4. The number of nitrogens with zero attached hydrogens (tertiary/aromatic N) is 1. The summed E-state index contributed by atoms with van der Waals surface area (Å²) in [4.78, 5) is 31.1. The zero-order valence-corrected chi connectivity index (χ0v) is 18.9. The Morgan fingerprint density at radius 3 is 2.22 bits per heavy atom. The Bertz CT molecular complexity index is 453. The minimum Gasteiger partial charge on any atom is -0.457 e. The fraction of sp³-hybridized carbons (Fsp3) is 0.810. The van der Waals surface area contributed by atoms with Gasteiger partial charge in [-0.1, -0.05) is 53.5 Å². The first-order valence-electron chi connectivity index (χ1n) is 10.1. The van der Waals surface area contributed by atoms with Gasteiger partial charge in [-0.3, -0.25) is 14.4 Å². The average molecular weight is 402 g/mol. The van der Waals surface area contributed by atoms with E-state index in [0.29, 0.717) is 19.4 Å². The molecule has 5 nitrogen and oxygen atoms in total. The van der Waals surface area contributed by atoms with Crippen molar-refractivity contribution >= 4 is 23.6 Å². The highest BCUT2D eigenvalue weighted by molar-refractivity contribution is 8.02. The van der Waals surface area contributed by atoms with E-state index in [4.69, 9.17) is 9.57 Å². The minimum absolute atomic E-state index is 0.00314. The largest absolute Gasteiger partial charge is 0.457 e. The number of thioether (sulfide) groups is 1. The molecule has 0 aliphatic heterocycles. The van der Waals surface area contributed by atoms with E-state index in [1.54, 1.807) is 5.06 Å². The summed E-state index contributed by atoms with van der Waals surface area (Å²) in [6.45, 7) is 14.3. The number of rotatable bonds is 15. The van der Waals surface area contributed by atoms with E-state index in [9.17, 15) is 9.59 Å². The van der Waals surface area contributed by atoms with E-state index in [2.05, 4.69) is 34.3 Å². The molecule has 0 saturated heterocycles. The highest BCUT2D eigenvalue weighted by Crippen LogP contribution is 2.27. The van der Waals surface area contributed by atoms with E-state index >= 15 is 0 Å². The van der Waals surface area contributed by atoms with Gasteiger partial charge in [-0.05, 0) is 25.0 Å². The number of hydrogen-bond acceptors (Lipinski definition) is 5. The molecule has 2 unspecified atom stereocenters. The highest BCUT2D eigenvalue weighted by atomic mass is 32.2. The zero-order chi connectivity index (χ0) is 20.8. The summed E-state index contributed by atoms with van der Waals surface area (Å²) in [7, 11) is 0. The van der Waals surface area contributed by atoms with Crippen molar-refractivity contribution in [1.29, 1.82) is 0 Å². The van der Waals surface area contributed by atoms with Crippen LogP contribution in [0.15, 0.2) is 11.5 Å². The Morgan fingerprint density at radius 1 is 1.11 bits per heavy atom. The maximum absolute atomic E-state index is 12.8. The zero-order valence-electron chi connectivity index (χ0n) is 18.1. The maximum atomic E-state index is 12.8. The second kappa shape index (κ2) is 15.0. The van der Waals surface area contributed by atoms with E-state index < -0.39 is 6.10 Å². The summed E-state index contributed by atoms with van der Waals surface area (Å²) in [6.07, 6.45) is 7.32. The molecule has 2 atom stereocenters. The van der Waals surface area contributed by atoms with Gasteiger partial charge in [0.1, 0.15) is 6.10 Å². The summed E-state index contributed by atoms with van der Waals surface area (Å²) in [5, 5.41) is 1.56. The lowest BCUT2D eigenvalue weighted by Crippen LogP contribution is -2.45. The summed E-state index contributed by atoms with van der Waals surface area (Å²) in [6, 6.07) is -0.177. The Balaban J connectivity index is 5.38. The van der Waals surface area contributed by atoms with Crippen molar-refractivity contribution in [2.45, 2.75) is 91.7 Å². The van der Waals surface area contributed by atoms with Crippen LogP contribution in [0.4, 0.5) is 0 Å². The fourth-order valence-corrected chi connectivity index (χ4v) is 3.15. The van der Waals surface area contributed by atoms with Crippen LogP contribution >= 0.6 is 11.8 Å². The van der Waals surface area contributed by atoms with Gasteiger partial charge in [0.05, 0.1) is 12.6 Å². The van der Waals surface area contributed by atoms with Crippen molar-refractivity contribution in [1.82, 2.24) is 5.06 Å². The quantitative estimate of drug-likeness (QED) is 0.210. The molecule has 0 aliphatic rings. The number of esters is 1. The summed E-state index contributed by atoms with van der Waals surface area (Å²) >= 11 is 1.47. The third kappa shape index (κ3) is 10.8. The van der Waals surface area contributed by atoms with Crippen LogP contribution in [0.1, 0.15) is 79.6 Å². The number of amides is 1. The molecule has 0 rings (SSSR count). The van der Waals surface area contributed by atoms with E-state index in [1.165, 1.54) is 18.7 Å². The van der Waals surface area contributed by atoms with Crippen molar-refractivity contribution < 1.29 is 19.2 Å². The topological polar surface area (TPSA) is 55.8 Å². The van der Waals surface area contributed by atoms with Gasteiger partial charge in [-0.25, -0.2) is 5.06 Å². The molecule has 0 spiro atoms. The number of carbonyl (C=O) groups is 2. The molecule has 27 heavy (non-hydrogen) atoms. The molecule has 6 heteroatoms. The second-order valence-electron chi connectivity index (χ2n) is 7.18. The van der Waals surface area contributed by atoms with Gasteiger partial charge in [-0.15, -0.1) is 11.8 Å². The highest BCUT2D eigenvalue weighted by Gasteiger charge is 2.32. The standard InChI is InChI=1S/C21H39NO4S/c1-8-10-12-14-25-22(21(24)13-11-9-2)19(16(3)4)15-20(17(5)27-7)26-18(6)23/h16,19-20H,5,8-15H2,1-4,6-7H3. The number of unbranched alkanes of at least 4 members (excludes halogenated alkanes) is 3. The average Bonchev–Trinajstić information content (AvgIpc) is 2.62. The number of ether oxygens (including phenoxy) is 1. The van der Waals surface area contributed by atoms with E-state index in [0.717, 1.165) is 37.0 Å². The molecule has 0 bridgehead atoms. The van der Waals surface area contributed by atoms with Crippen molar-refractivity contribution in [3.8, 4) is 0 Å². The van der Waals surface area contributed by atoms with Crippen LogP contribution in [0.2, 0.25) is 0 Å². The number of hydroxylamine groups is 2. The first-order chi connectivity index (χ1) is 12.8. The normalized spacial score (nSPS) is 13.3. The third-order valence-corrected chi connectivity index (χ3v) is 5.21. The Morgan fingerprint density at radius 2 is 1.74 bits per heavy atom. The number of hydrogen-bond donors (Lipinski definition) is 0. The fourth-order valence-electron chi connectivity index (χ4n) is 2.74. The van der Waals surface area contributed by atoms with Crippen LogP contribution < -0.4 is 0 Å². The molecule has 0 N–H and O–H groups in total. The van der Waals surface area contributed by atoms with Gasteiger partial charge < -0.3 is 4.74 Å². The van der Waals surface area contributed by atoms with Gasteiger partial charge in [0, 0.05) is 24.7 Å². The maximum Gasteiger partial charge on any atom is 0.303 e. The molecule has 0 aromatic heterocycles. The lowest BCUT2D eigenvalue weighted by Gasteiger charge is -2.35. The smallest absolute Gasteiger partial charge is 0.303 e. The predicted octanol–water partition coefficient (Wildman–Crippen LogP) is 5.35. The first kappa shape index (κ1) is 26.0. The van der Waals surface area contributed by atoms with Gasteiger partial charge in [0.25, 0.3) is 0 Å². The van der Waals surface area contributed by atoms with Crippen molar-refractivity contribution in [3.63, 3.8) is 0 Å². The molecule has 0 aliphatic carbocycles. The lowest BCUT2D eigenvalue weighted by atomic mass is 9.96. The molecule has 0 aromatic rings. The lowest BCUT2D eigenvalue weighted by molar-refractivity contribution is -0.209. The second-order valence-corrected chi connectivity index (χ2v) is 8.11. The van der Waals surface area contributed by atoms with Crippen LogP contribution in [0, 0.1) is 5.92 Å². The van der Waals surface area contributed by atoms with Crippen LogP contribution in [-0.2, 0) is 19.2 Å². The third-order valence-electron chi connectivity index (χ3n) is 4.42. The van der Waals surface area contributed by atoms with Gasteiger partial charge in [0.2, 0.25) is 5.91 Å². The van der Waals surface area contributed by atoms with Crippen LogP contribution in [0.3, 0.4) is 0 Å². The summed E-state index contributed by atoms with van der Waals surface area (Å²) in [5.41, 5.74) is 0. The monoisotopic (exact) mass is 401 g/mol. The van der Waals surface area contributed by atoms with Crippen LogP contribution in [0.5, 0.6) is 0 Å². The molecule has 158 valence electrons. The van der Waals surface area contributed by atoms with Crippen LogP contribution in [-0.4, -0.2) is 41.9 Å². The molecule has 0 aromatic carbocycles. The molecule has 0 radical (unpaired) electrons.